The molecule has 1 heterocycles. The number of nitrogens with zero attached hydrogens (tertiary/aromatic N) is 1. The SMILES string of the molecule is COC(=O)c1ccc(NC(=O)NC[C@H](c2ccsc2)N(C)C)cc1. The number of hydrogen-bond acceptors (Lipinski definition) is 5. The molecule has 0 fully saturated rings. The van der Waals surface area contributed by atoms with E-state index >= 15 is 0 Å². The van der Waals surface area contributed by atoms with Crippen LogP contribution >= 0.6 is 11.3 Å². The van der Waals surface area contributed by atoms with Gasteiger partial charge >= 0.3 is 12.0 Å². The number of amides is 2. The van der Waals surface area contributed by atoms with Crippen molar-refractivity contribution >= 4 is 29.0 Å². The molecule has 0 aliphatic rings. The highest BCUT2D eigenvalue weighted by atomic mass is 32.1. The van der Waals surface area contributed by atoms with Crippen LogP contribution in [0.5, 0.6) is 0 Å². The number of likely N-dealkylation sites (N-methyl/N-ethyl adjacent to an activating group) is 1. The van der Waals surface area contributed by atoms with Crippen molar-refractivity contribution in [3.8, 4) is 0 Å². The van der Waals surface area contributed by atoms with Crippen LogP contribution in [0, 0.1) is 0 Å². The summed E-state index contributed by atoms with van der Waals surface area (Å²) in [6, 6.07) is 8.42. The zero-order valence-electron chi connectivity index (χ0n) is 13.9. The first-order chi connectivity index (χ1) is 11.5. The number of nitrogens with one attached hydrogen (secondary N) is 2. The number of urea groups is 1. The predicted octanol–water partition coefficient (Wildman–Crippen LogP) is 2.96. The maximum atomic E-state index is 12.1. The van der Waals surface area contributed by atoms with Crippen LogP contribution in [0.1, 0.15) is 22.0 Å². The van der Waals surface area contributed by atoms with Gasteiger partial charge in [0, 0.05) is 12.2 Å². The molecule has 0 aliphatic heterocycles. The first kappa shape index (κ1) is 18.0. The Morgan fingerprint density at radius 2 is 1.92 bits per heavy atom. The van der Waals surface area contributed by atoms with Crippen molar-refractivity contribution in [3.63, 3.8) is 0 Å². The van der Waals surface area contributed by atoms with Crippen LogP contribution in [0.4, 0.5) is 10.5 Å². The van der Waals surface area contributed by atoms with Gasteiger partial charge in [0.25, 0.3) is 0 Å². The van der Waals surface area contributed by atoms with Crippen molar-refractivity contribution in [1.29, 1.82) is 0 Å². The molecule has 128 valence electrons. The fraction of sp³-hybridized carbons (Fsp3) is 0.294. The van der Waals surface area contributed by atoms with E-state index in [1.54, 1.807) is 35.6 Å². The molecule has 2 rings (SSSR count). The molecule has 0 spiro atoms. The Bertz CT molecular complexity index is 669. The van der Waals surface area contributed by atoms with Crippen LogP contribution in [-0.4, -0.2) is 44.7 Å². The quantitative estimate of drug-likeness (QED) is 0.788. The lowest BCUT2D eigenvalue weighted by Crippen LogP contribution is -2.36. The van der Waals surface area contributed by atoms with Gasteiger partial charge in [0.1, 0.15) is 0 Å². The van der Waals surface area contributed by atoms with Crippen LogP contribution in [0.3, 0.4) is 0 Å². The molecule has 1 atom stereocenters. The minimum absolute atomic E-state index is 0.115. The van der Waals surface area contributed by atoms with E-state index in [1.165, 1.54) is 12.7 Å². The maximum Gasteiger partial charge on any atom is 0.337 e. The molecule has 0 unspecified atom stereocenters. The van der Waals surface area contributed by atoms with E-state index in [1.807, 2.05) is 19.5 Å². The summed E-state index contributed by atoms with van der Waals surface area (Å²) in [5, 5.41) is 9.72. The highest BCUT2D eigenvalue weighted by molar-refractivity contribution is 7.07. The zero-order chi connectivity index (χ0) is 17.5. The second-order valence-electron chi connectivity index (χ2n) is 5.44. The van der Waals surface area contributed by atoms with Gasteiger partial charge in [-0.05, 0) is 60.8 Å². The molecule has 2 amide bonds. The van der Waals surface area contributed by atoms with Crippen molar-refractivity contribution in [1.82, 2.24) is 10.2 Å². The summed E-state index contributed by atoms with van der Waals surface area (Å²) in [4.78, 5) is 25.5. The van der Waals surface area contributed by atoms with Crippen molar-refractivity contribution in [2.24, 2.45) is 0 Å². The van der Waals surface area contributed by atoms with Gasteiger partial charge in [-0.15, -0.1) is 0 Å². The molecule has 0 saturated heterocycles. The Labute approximate surface area is 145 Å². The third-order valence-electron chi connectivity index (χ3n) is 3.57. The number of carbonyl (C=O) groups excluding carboxylic acids is 2. The molecule has 7 heteroatoms. The number of rotatable bonds is 6. The van der Waals surface area contributed by atoms with Gasteiger partial charge in [0.15, 0.2) is 0 Å². The van der Waals surface area contributed by atoms with Crippen LogP contribution < -0.4 is 10.6 Å². The minimum atomic E-state index is -0.407. The number of hydrogen-bond donors (Lipinski definition) is 2. The standard InChI is InChI=1S/C17H21N3O3S/c1-20(2)15(13-8-9-24-11-13)10-18-17(22)19-14-6-4-12(5-7-14)16(21)23-3/h4-9,11,15H,10H2,1-3H3,(H2,18,19,22)/t15-/m1/s1. The Kier molecular flexibility index (Phi) is 6.34. The van der Waals surface area contributed by atoms with Gasteiger partial charge in [-0.3, -0.25) is 0 Å². The fourth-order valence-corrected chi connectivity index (χ4v) is 2.94. The second kappa shape index (κ2) is 8.47. The van der Waals surface area contributed by atoms with E-state index in [9.17, 15) is 9.59 Å². The molecule has 0 bridgehead atoms. The lowest BCUT2D eigenvalue weighted by Gasteiger charge is -2.24. The Balaban J connectivity index is 1.89. The van der Waals surface area contributed by atoms with Crippen molar-refractivity contribution in [2.75, 3.05) is 33.1 Å². The van der Waals surface area contributed by atoms with Gasteiger partial charge in [-0.25, -0.2) is 9.59 Å². The third kappa shape index (κ3) is 4.81. The molecule has 6 nitrogen and oxygen atoms in total. The zero-order valence-corrected chi connectivity index (χ0v) is 14.7. The first-order valence-electron chi connectivity index (χ1n) is 7.43. The maximum absolute atomic E-state index is 12.1. The number of carbonyl (C=O) groups is 2. The van der Waals surface area contributed by atoms with Gasteiger partial charge in [-0.1, -0.05) is 0 Å². The number of anilines is 1. The van der Waals surface area contributed by atoms with Crippen LogP contribution in [0.15, 0.2) is 41.1 Å². The summed E-state index contributed by atoms with van der Waals surface area (Å²) < 4.78 is 4.64. The summed E-state index contributed by atoms with van der Waals surface area (Å²) in [5.41, 5.74) is 2.22. The summed E-state index contributed by atoms with van der Waals surface area (Å²) in [7, 11) is 5.29. The largest absolute Gasteiger partial charge is 0.465 e. The summed E-state index contributed by atoms with van der Waals surface area (Å²) in [5.74, 6) is -0.407. The smallest absolute Gasteiger partial charge is 0.337 e. The highest BCUT2D eigenvalue weighted by Gasteiger charge is 2.15. The number of benzene rings is 1. The third-order valence-corrected chi connectivity index (χ3v) is 4.27. The molecule has 0 radical (unpaired) electrons. The molecule has 0 aliphatic carbocycles. The molecule has 2 aromatic rings. The summed E-state index contributed by atoms with van der Waals surface area (Å²) in [6.07, 6.45) is 0. The van der Waals surface area contributed by atoms with Crippen LogP contribution in [-0.2, 0) is 4.74 Å². The van der Waals surface area contributed by atoms with Crippen LogP contribution in [0.25, 0.3) is 0 Å². The second-order valence-corrected chi connectivity index (χ2v) is 6.22. The number of methoxy groups -OCH3 is 1. The Hall–Kier alpha value is -2.38. The van der Waals surface area contributed by atoms with Crippen molar-refractivity contribution < 1.29 is 14.3 Å². The average Bonchev–Trinajstić information content (AvgIpc) is 3.09. The van der Waals surface area contributed by atoms with Crippen molar-refractivity contribution in [2.45, 2.75) is 6.04 Å². The van der Waals surface area contributed by atoms with Gasteiger partial charge < -0.3 is 20.3 Å². The van der Waals surface area contributed by atoms with E-state index in [-0.39, 0.29) is 12.1 Å². The average molecular weight is 347 g/mol. The topological polar surface area (TPSA) is 70.7 Å². The van der Waals surface area contributed by atoms with Gasteiger partial charge in [0.05, 0.1) is 18.7 Å². The molecular formula is C17H21N3O3S. The van der Waals surface area contributed by atoms with E-state index in [4.69, 9.17) is 0 Å². The first-order valence-corrected chi connectivity index (χ1v) is 8.37. The van der Waals surface area contributed by atoms with Gasteiger partial charge in [0.2, 0.25) is 0 Å². The Morgan fingerprint density at radius 1 is 1.21 bits per heavy atom. The monoisotopic (exact) mass is 347 g/mol. The number of esters is 1. The van der Waals surface area contributed by atoms with Gasteiger partial charge in [-0.2, -0.15) is 11.3 Å². The predicted molar refractivity (Wildman–Crippen MR) is 95.5 cm³/mol. The summed E-state index contributed by atoms with van der Waals surface area (Å²) in [6.45, 7) is 0.496. The lowest BCUT2D eigenvalue weighted by atomic mass is 10.1. The molecule has 2 N–H and O–H groups in total. The molecule has 1 aromatic carbocycles. The normalized spacial score (nSPS) is 11.8. The molecule has 0 saturated carbocycles. The van der Waals surface area contributed by atoms with Crippen molar-refractivity contribution in [3.05, 3.63) is 52.2 Å². The van der Waals surface area contributed by atoms with E-state index in [0.717, 1.165) is 0 Å². The Morgan fingerprint density at radius 3 is 2.46 bits per heavy atom. The van der Waals surface area contributed by atoms with Crippen LogP contribution in [0.2, 0.25) is 0 Å². The molecule has 24 heavy (non-hydrogen) atoms. The minimum Gasteiger partial charge on any atom is -0.465 e. The van der Waals surface area contributed by atoms with E-state index < -0.39 is 5.97 Å². The number of ether oxygens (including phenoxy) is 1. The van der Waals surface area contributed by atoms with E-state index in [2.05, 4.69) is 31.7 Å². The van der Waals surface area contributed by atoms with E-state index in [0.29, 0.717) is 17.8 Å². The lowest BCUT2D eigenvalue weighted by molar-refractivity contribution is 0.0601. The molecular weight excluding hydrogens is 326 g/mol. The number of thiophene rings is 1. The summed E-state index contributed by atoms with van der Waals surface area (Å²) >= 11 is 1.63. The fourth-order valence-electron chi connectivity index (χ4n) is 2.24. The molecule has 1 aromatic heterocycles. The highest BCUT2D eigenvalue weighted by Crippen LogP contribution is 2.20.